The van der Waals surface area contributed by atoms with Gasteiger partial charge >= 0.3 is 0 Å². The van der Waals surface area contributed by atoms with Gasteiger partial charge in [0.25, 0.3) is 0 Å². The van der Waals surface area contributed by atoms with E-state index in [1.165, 1.54) is 19.3 Å². The maximum Gasteiger partial charge on any atom is 0.176 e. The highest BCUT2D eigenvalue weighted by Gasteiger charge is 2.20. The number of benzene rings is 1. The van der Waals surface area contributed by atoms with Crippen LogP contribution in [0, 0.1) is 0 Å². The van der Waals surface area contributed by atoms with E-state index in [4.69, 9.17) is 0 Å². The number of piperidine rings is 1. The van der Waals surface area contributed by atoms with Gasteiger partial charge in [-0.3, -0.25) is 9.69 Å². The van der Waals surface area contributed by atoms with Gasteiger partial charge in [0.2, 0.25) is 0 Å². The van der Waals surface area contributed by atoms with Gasteiger partial charge in [-0.25, -0.2) is 0 Å². The third-order valence-electron chi connectivity index (χ3n) is 3.38. The molecule has 1 heterocycles. The van der Waals surface area contributed by atoms with E-state index in [-0.39, 0.29) is 5.78 Å². The van der Waals surface area contributed by atoms with Gasteiger partial charge in [0.05, 0.1) is 6.54 Å². The Bertz CT molecular complexity index is 347. The van der Waals surface area contributed by atoms with Crippen molar-refractivity contribution in [2.24, 2.45) is 0 Å². The molecule has 1 saturated heterocycles. The minimum atomic E-state index is 0.245. The zero-order valence-corrected chi connectivity index (χ0v) is 9.86. The fourth-order valence-corrected chi connectivity index (χ4v) is 2.29. The minimum Gasteiger partial charge on any atom is -0.293 e. The summed E-state index contributed by atoms with van der Waals surface area (Å²) in [7, 11) is 0. The molecule has 0 aromatic heterocycles. The normalized spacial score (nSPS) is 21.9. The van der Waals surface area contributed by atoms with Crippen LogP contribution in [0.5, 0.6) is 0 Å². The summed E-state index contributed by atoms with van der Waals surface area (Å²) in [6, 6.07) is 10.1. The second-order valence-electron chi connectivity index (χ2n) is 4.60. The number of Topliss-reactive ketones (excluding diaryl/α,β-unsaturated/α-hetero) is 1. The van der Waals surface area contributed by atoms with Gasteiger partial charge in [-0.05, 0) is 26.3 Å². The number of hydrogen-bond donors (Lipinski definition) is 0. The Labute approximate surface area is 97.3 Å². The molecule has 0 amide bonds. The Morgan fingerprint density at radius 1 is 1.31 bits per heavy atom. The van der Waals surface area contributed by atoms with E-state index in [2.05, 4.69) is 11.8 Å². The molecule has 0 radical (unpaired) electrons. The van der Waals surface area contributed by atoms with E-state index >= 15 is 0 Å². The first-order chi connectivity index (χ1) is 7.77. The average molecular weight is 217 g/mol. The summed E-state index contributed by atoms with van der Waals surface area (Å²) in [6.07, 6.45) is 3.76. The van der Waals surface area contributed by atoms with Gasteiger partial charge in [-0.2, -0.15) is 0 Å². The third kappa shape index (κ3) is 2.70. The van der Waals surface area contributed by atoms with Crippen molar-refractivity contribution < 1.29 is 4.79 Å². The lowest BCUT2D eigenvalue weighted by atomic mass is 10.0. The molecule has 0 spiro atoms. The smallest absolute Gasteiger partial charge is 0.176 e. The molecule has 0 aliphatic carbocycles. The molecule has 86 valence electrons. The molecule has 1 fully saturated rings. The summed E-state index contributed by atoms with van der Waals surface area (Å²) in [5.74, 6) is 0.245. The van der Waals surface area contributed by atoms with Gasteiger partial charge in [0.15, 0.2) is 5.78 Å². The second kappa shape index (κ2) is 5.26. The predicted octanol–water partition coefficient (Wildman–Crippen LogP) is 2.74. The number of nitrogens with zero attached hydrogens (tertiary/aromatic N) is 1. The summed E-state index contributed by atoms with van der Waals surface area (Å²) in [5.41, 5.74) is 0.834. The number of rotatable bonds is 3. The van der Waals surface area contributed by atoms with Crippen LogP contribution in [0.1, 0.15) is 36.5 Å². The van der Waals surface area contributed by atoms with Crippen LogP contribution in [-0.4, -0.2) is 29.8 Å². The molecule has 1 atom stereocenters. The number of carbonyl (C=O) groups is 1. The van der Waals surface area contributed by atoms with E-state index in [0.717, 1.165) is 12.1 Å². The van der Waals surface area contributed by atoms with Crippen molar-refractivity contribution in [3.63, 3.8) is 0 Å². The van der Waals surface area contributed by atoms with Gasteiger partial charge < -0.3 is 0 Å². The first kappa shape index (κ1) is 11.3. The monoisotopic (exact) mass is 217 g/mol. The summed E-state index contributed by atoms with van der Waals surface area (Å²) in [5, 5.41) is 0. The zero-order chi connectivity index (χ0) is 11.4. The van der Waals surface area contributed by atoms with Gasteiger partial charge in [-0.1, -0.05) is 36.8 Å². The quantitative estimate of drug-likeness (QED) is 0.726. The van der Waals surface area contributed by atoms with Crippen LogP contribution in [0.25, 0.3) is 0 Å². The highest BCUT2D eigenvalue weighted by Crippen LogP contribution is 2.16. The van der Waals surface area contributed by atoms with Crippen LogP contribution in [0.4, 0.5) is 0 Å². The van der Waals surface area contributed by atoms with Crippen molar-refractivity contribution in [2.75, 3.05) is 13.1 Å². The molecule has 2 heteroatoms. The Kier molecular flexibility index (Phi) is 3.73. The van der Waals surface area contributed by atoms with Crippen molar-refractivity contribution >= 4 is 5.78 Å². The van der Waals surface area contributed by atoms with Crippen molar-refractivity contribution in [1.29, 1.82) is 0 Å². The molecule has 1 unspecified atom stereocenters. The molecule has 2 nitrogen and oxygen atoms in total. The van der Waals surface area contributed by atoms with E-state index in [1.54, 1.807) is 0 Å². The van der Waals surface area contributed by atoms with Crippen molar-refractivity contribution in [3.05, 3.63) is 35.9 Å². The van der Waals surface area contributed by atoms with Gasteiger partial charge in [0, 0.05) is 11.6 Å². The first-order valence-electron chi connectivity index (χ1n) is 6.09. The zero-order valence-electron chi connectivity index (χ0n) is 9.86. The van der Waals surface area contributed by atoms with E-state index in [1.807, 2.05) is 30.3 Å². The van der Waals surface area contributed by atoms with Crippen LogP contribution in [0.3, 0.4) is 0 Å². The molecule has 1 aliphatic rings. The maximum absolute atomic E-state index is 12.0. The summed E-state index contributed by atoms with van der Waals surface area (Å²) >= 11 is 0. The first-order valence-corrected chi connectivity index (χ1v) is 6.09. The molecule has 2 rings (SSSR count). The standard InChI is InChI=1S/C14H19NO/c1-12-7-5-6-10-15(12)11-14(16)13-8-3-2-4-9-13/h2-4,8-9,12H,5-7,10-11H2,1H3. The van der Waals surface area contributed by atoms with Crippen molar-refractivity contribution in [2.45, 2.75) is 32.2 Å². The molecular formula is C14H19NO. The third-order valence-corrected chi connectivity index (χ3v) is 3.38. The van der Waals surface area contributed by atoms with E-state index in [0.29, 0.717) is 12.6 Å². The Hall–Kier alpha value is -1.15. The summed E-state index contributed by atoms with van der Waals surface area (Å²) in [4.78, 5) is 14.3. The van der Waals surface area contributed by atoms with Crippen molar-refractivity contribution in [3.8, 4) is 0 Å². The molecule has 0 N–H and O–H groups in total. The highest BCUT2D eigenvalue weighted by atomic mass is 16.1. The van der Waals surface area contributed by atoms with Crippen LogP contribution in [-0.2, 0) is 0 Å². The summed E-state index contributed by atoms with van der Waals surface area (Å²) in [6.45, 7) is 3.86. The lowest BCUT2D eigenvalue weighted by molar-refractivity contribution is 0.0860. The Balaban J connectivity index is 1.96. The van der Waals surface area contributed by atoms with Gasteiger partial charge in [-0.15, -0.1) is 0 Å². The Morgan fingerprint density at radius 2 is 2.06 bits per heavy atom. The minimum absolute atomic E-state index is 0.245. The lowest BCUT2D eigenvalue weighted by Crippen LogP contribution is -2.40. The molecule has 1 aliphatic heterocycles. The number of hydrogen-bond acceptors (Lipinski definition) is 2. The van der Waals surface area contributed by atoms with E-state index < -0.39 is 0 Å². The topological polar surface area (TPSA) is 20.3 Å². The molecule has 0 bridgehead atoms. The number of likely N-dealkylation sites (tertiary alicyclic amines) is 1. The average Bonchev–Trinajstić information content (AvgIpc) is 2.33. The maximum atomic E-state index is 12.0. The number of ketones is 1. The summed E-state index contributed by atoms with van der Waals surface area (Å²) < 4.78 is 0. The fourth-order valence-electron chi connectivity index (χ4n) is 2.29. The lowest BCUT2D eigenvalue weighted by Gasteiger charge is -2.32. The number of carbonyl (C=O) groups excluding carboxylic acids is 1. The van der Waals surface area contributed by atoms with Crippen LogP contribution in [0.2, 0.25) is 0 Å². The molecule has 1 aromatic carbocycles. The highest BCUT2D eigenvalue weighted by molar-refractivity contribution is 5.97. The fraction of sp³-hybridized carbons (Fsp3) is 0.500. The van der Waals surface area contributed by atoms with Crippen LogP contribution < -0.4 is 0 Å². The molecular weight excluding hydrogens is 198 g/mol. The van der Waals surface area contributed by atoms with Crippen LogP contribution in [0.15, 0.2) is 30.3 Å². The Morgan fingerprint density at radius 3 is 2.75 bits per heavy atom. The molecule has 16 heavy (non-hydrogen) atoms. The SMILES string of the molecule is CC1CCCCN1CC(=O)c1ccccc1. The van der Waals surface area contributed by atoms with E-state index in [9.17, 15) is 4.79 Å². The molecule has 1 aromatic rings. The predicted molar refractivity (Wildman–Crippen MR) is 65.7 cm³/mol. The van der Waals surface area contributed by atoms with Gasteiger partial charge in [0.1, 0.15) is 0 Å². The molecule has 0 saturated carbocycles. The second-order valence-corrected chi connectivity index (χ2v) is 4.60. The van der Waals surface area contributed by atoms with Crippen molar-refractivity contribution in [1.82, 2.24) is 4.90 Å². The van der Waals surface area contributed by atoms with Crippen LogP contribution >= 0.6 is 0 Å². The largest absolute Gasteiger partial charge is 0.293 e.